The van der Waals surface area contributed by atoms with Gasteiger partial charge in [0.2, 0.25) is 5.90 Å². The van der Waals surface area contributed by atoms with Crippen molar-refractivity contribution in [3.8, 4) is 10.4 Å². The molecule has 6 heteroatoms. The van der Waals surface area contributed by atoms with E-state index in [-0.39, 0.29) is 6.10 Å². The average Bonchev–Trinajstić information content (AvgIpc) is 3.37. The molecule has 3 aliphatic heterocycles. The summed E-state index contributed by atoms with van der Waals surface area (Å²) in [6.45, 7) is 3.08. The van der Waals surface area contributed by atoms with Gasteiger partial charge in [0, 0.05) is 29.7 Å². The smallest absolute Gasteiger partial charge is 0.212 e. The first-order valence-electron chi connectivity index (χ1n) is 9.41. The van der Waals surface area contributed by atoms with E-state index in [0.29, 0.717) is 13.3 Å². The number of fused-ring (bicyclic) bond motifs is 3. The van der Waals surface area contributed by atoms with Crippen molar-refractivity contribution >= 4 is 34.5 Å². The number of hydrogen-bond acceptors (Lipinski definition) is 5. The molecule has 0 bridgehead atoms. The van der Waals surface area contributed by atoms with Gasteiger partial charge in [-0.3, -0.25) is 0 Å². The van der Waals surface area contributed by atoms with Crippen LogP contribution in [0.15, 0.2) is 41.4 Å². The summed E-state index contributed by atoms with van der Waals surface area (Å²) >= 11 is 7.73. The summed E-state index contributed by atoms with van der Waals surface area (Å²) in [7, 11) is 0. The largest absolute Gasteiger partial charge is 0.475 e. The molecule has 0 spiro atoms. The van der Waals surface area contributed by atoms with Crippen LogP contribution in [-0.2, 0) is 15.9 Å². The number of halogens is 1. The van der Waals surface area contributed by atoms with Crippen molar-refractivity contribution in [2.24, 2.45) is 4.99 Å². The van der Waals surface area contributed by atoms with E-state index < -0.39 is 0 Å². The fourth-order valence-electron chi connectivity index (χ4n) is 3.89. The molecule has 1 aromatic heterocycles. The molecule has 0 radical (unpaired) electrons. The Morgan fingerprint density at radius 3 is 3.07 bits per heavy atom. The molecule has 0 N–H and O–H groups in total. The number of hydrogen-bond donors (Lipinski definition) is 0. The SMILES string of the molecule is Clc1ccc(-c2ccc3c(c2)CCN2CN=C(OCC4CCCO4)C=C32)s1. The van der Waals surface area contributed by atoms with Crippen molar-refractivity contribution in [1.82, 2.24) is 4.90 Å². The van der Waals surface area contributed by atoms with Crippen molar-refractivity contribution in [2.75, 3.05) is 26.4 Å². The maximum Gasteiger partial charge on any atom is 0.212 e. The molecule has 3 aliphatic rings. The van der Waals surface area contributed by atoms with E-state index in [9.17, 15) is 0 Å². The molecular weight excluding hydrogens is 380 g/mol. The first-order valence-corrected chi connectivity index (χ1v) is 10.6. The molecular formula is C21H21ClN2O2S. The molecule has 1 aromatic carbocycles. The molecule has 0 aliphatic carbocycles. The number of rotatable bonds is 3. The van der Waals surface area contributed by atoms with Crippen LogP contribution in [0.1, 0.15) is 24.0 Å². The summed E-state index contributed by atoms with van der Waals surface area (Å²) in [6.07, 6.45) is 5.52. The minimum Gasteiger partial charge on any atom is -0.475 e. The molecule has 140 valence electrons. The molecule has 27 heavy (non-hydrogen) atoms. The van der Waals surface area contributed by atoms with E-state index >= 15 is 0 Å². The zero-order valence-electron chi connectivity index (χ0n) is 15.0. The van der Waals surface area contributed by atoms with E-state index in [1.54, 1.807) is 11.3 Å². The fraction of sp³-hybridized carbons (Fsp3) is 0.381. The minimum absolute atomic E-state index is 0.211. The number of thiophene rings is 1. The van der Waals surface area contributed by atoms with Crippen LogP contribution in [0.3, 0.4) is 0 Å². The third-order valence-corrected chi connectivity index (χ3v) is 6.61. The van der Waals surface area contributed by atoms with Gasteiger partial charge in [-0.25, -0.2) is 4.99 Å². The molecule has 4 heterocycles. The summed E-state index contributed by atoms with van der Waals surface area (Å²) < 4.78 is 12.4. The van der Waals surface area contributed by atoms with Crippen LogP contribution >= 0.6 is 22.9 Å². The van der Waals surface area contributed by atoms with Gasteiger partial charge in [0.25, 0.3) is 0 Å². The second kappa shape index (κ2) is 7.30. The van der Waals surface area contributed by atoms with Gasteiger partial charge >= 0.3 is 0 Å². The van der Waals surface area contributed by atoms with Gasteiger partial charge in [0.05, 0.1) is 16.1 Å². The Bertz CT molecular complexity index is 915. The van der Waals surface area contributed by atoms with E-state index in [0.717, 1.165) is 42.6 Å². The highest BCUT2D eigenvalue weighted by atomic mass is 35.5. The highest BCUT2D eigenvalue weighted by Gasteiger charge is 2.25. The predicted molar refractivity (Wildman–Crippen MR) is 110 cm³/mol. The van der Waals surface area contributed by atoms with Gasteiger partial charge in [0.1, 0.15) is 13.3 Å². The van der Waals surface area contributed by atoms with Crippen LogP contribution < -0.4 is 0 Å². The maximum atomic E-state index is 6.10. The summed E-state index contributed by atoms with van der Waals surface area (Å²) in [6, 6.07) is 10.8. The first-order chi connectivity index (χ1) is 13.3. The normalized spacial score (nSPS) is 21.4. The Hall–Kier alpha value is -1.82. The van der Waals surface area contributed by atoms with Crippen LogP contribution in [0.2, 0.25) is 4.34 Å². The lowest BCUT2D eigenvalue weighted by Gasteiger charge is -2.34. The van der Waals surface area contributed by atoms with E-state index in [1.807, 2.05) is 6.07 Å². The van der Waals surface area contributed by atoms with Crippen LogP contribution in [0, 0.1) is 0 Å². The van der Waals surface area contributed by atoms with Gasteiger partial charge in [-0.1, -0.05) is 23.7 Å². The molecule has 0 saturated carbocycles. The van der Waals surface area contributed by atoms with Crippen molar-refractivity contribution in [3.05, 3.63) is 51.9 Å². The van der Waals surface area contributed by atoms with Gasteiger partial charge in [-0.2, -0.15) is 0 Å². The Morgan fingerprint density at radius 2 is 2.26 bits per heavy atom. The van der Waals surface area contributed by atoms with Crippen molar-refractivity contribution < 1.29 is 9.47 Å². The second-order valence-electron chi connectivity index (χ2n) is 7.10. The van der Waals surface area contributed by atoms with Crippen molar-refractivity contribution in [1.29, 1.82) is 0 Å². The van der Waals surface area contributed by atoms with Gasteiger partial charge in [0.15, 0.2) is 0 Å². The Kier molecular flexibility index (Phi) is 4.68. The minimum atomic E-state index is 0.211. The molecule has 1 fully saturated rings. The third kappa shape index (κ3) is 3.51. The molecule has 1 atom stereocenters. The standard InChI is InChI=1S/C21H21ClN2O2S/c22-20-6-5-19(27-20)15-3-4-17-14(10-15)7-8-24-13-23-21(11-18(17)24)26-12-16-2-1-9-25-16/h3-6,10-11,16H,1-2,7-9,12-13H2. The lowest BCUT2D eigenvalue weighted by Crippen LogP contribution is -2.33. The molecule has 5 rings (SSSR count). The van der Waals surface area contributed by atoms with Crippen LogP contribution in [0.4, 0.5) is 0 Å². The molecule has 0 amide bonds. The fourth-order valence-corrected chi connectivity index (χ4v) is 4.93. The molecule has 1 unspecified atom stereocenters. The number of benzene rings is 1. The van der Waals surface area contributed by atoms with E-state index in [1.165, 1.54) is 27.3 Å². The Labute approximate surface area is 168 Å². The number of nitrogens with zero attached hydrogens (tertiary/aromatic N) is 2. The maximum absolute atomic E-state index is 6.10. The first kappa shape index (κ1) is 17.3. The van der Waals surface area contributed by atoms with Crippen LogP contribution in [-0.4, -0.2) is 43.3 Å². The summed E-state index contributed by atoms with van der Waals surface area (Å²) in [4.78, 5) is 8.13. The van der Waals surface area contributed by atoms with Crippen molar-refractivity contribution in [2.45, 2.75) is 25.4 Å². The highest BCUT2D eigenvalue weighted by Crippen LogP contribution is 2.36. The van der Waals surface area contributed by atoms with E-state index in [4.69, 9.17) is 21.1 Å². The summed E-state index contributed by atoms with van der Waals surface area (Å²) in [5.41, 5.74) is 5.10. The van der Waals surface area contributed by atoms with Gasteiger partial charge in [-0.15, -0.1) is 11.3 Å². The van der Waals surface area contributed by atoms with Crippen molar-refractivity contribution in [3.63, 3.8) is 0 Å². The van der Waals surface area contributed by atoms with Gasteiger partial charge in [-0.05, 0) is 48.6 Å². The number of aliphatic imine (C=N–C) groups is 1. The molecule has 4 nitrogen and oxygen atoms in total. The number of ether oxygens (including phenoxy) is 2. The molecule has 2 aromatic rings. The third-order valence-electron chi connectivity index (χ3n) is 5.33. The van der Waals surface area contributed by atoms with Gasteiger partial charge < -0.3 is 14.4 Å². The average molecular weight is 401 g/mol. The summed E-state index contributed by atoms with van der Waals surface area (Å²) in [5.74, 6) is 0.721. The summed E-state index contributed by atoms with van der Waals surface area (Å²) in [5, 5.41) is 0. The van der Waals surface area contributed by atoms with E-state index in [2.05, 4.69) is 40.2 Å². The molecule has 1 saturated heterocycles. The Morgan fingerprint density at radius 1 is 1.30 bits per heavy atom. The predicted octanol–water partition coefficient (Wildman–Crippen LogP) is 4.83. The second-order valence-corrected chi connectivity index (χ2v) is 8.82. The van der Waals surface area contributed by atoms with Crippen LogP contribution in [0.5, 0.6) is 0 Å². The topological polar surface area (TPSA) is 34.1 Å². The zero-order chi connectivity index (χ0) is 18.2. The lowest BCUT2D eigenvalue weighted by molar-refractivity contribution is 0.0639. The monoisotopic (exact) mass is 400 g/mol. The zero-order valence-corrected chi connectivity index (χ0v) is 16.6. The highest BCUT2D eigenvalue weighted by molar-refractivity contribution is 7.19. The lowest BCUT2D eigenvalue weighted by atomic mass is 9.93. The Balaban J connectivity index is 1.38. The van der Waals surface area contributed by atoms with Crippen LogP contribution in [0.25, 0.3) is 16.1 Å². The quantitative estimate of drug-likeness (QED) is 0.739.